The molecule has 208 valence electrons. The van der Waals surface area contributed by atoms with E-state index in [-0.39, 0.29) is 35.1 Å². The van der Waals surface area contributed by atoms with Crippen LogP contribution >= 0.6 is 0 Å². The second kappa shape index (κ2) is 9.93. The van der Waals surface area contributed by atoms with Gasteiger partial charge < -0.3 is 15.5 Å². The second-order valence-electron chi connectivity index (χ2n) is 9.23. The summed E-state index contributed by atoms with van der Waals surface area (Å²) in [5, 5.41) is 4.51. The Bertz CT molecular complexity index is 2020. The maximum Gasteiger partial charge on any atom is 0.309 e. The van der Waals surface area contributed by atoms with Gasteiger partial charge in [-0.2, -0.15) is 5.10 Å². The Balaban J connectivity index is 1.29. The van der Waals surface area contributed by atoms with Crippen LogP contribution in [0.1, 0.15) is 28.0 Å². The average molecular weight is 570 g/mol. The Morgan fingerprint density at radius 1 is 1.05 bits per heavy atom. The molecular formula is C29H17F3N6O4. The minimum absolute atomic E-state index is 0.0204. The third-order valence-electron chi connectivity index (χ3n) is 6.52. The van der Waals surface area contributed by atoms with E-state index >= 15 is 0 Å². The van der Waals surface area contributed by atoms with Crippen molar-refractivity contribution in [2.75, 3.05) is 10.6 Å². The molecule has 5 aromatic rings. The van der Waals surface area contributed by atoms with E-state index in [1.807, 2.05) is 0 Å². The SMILES string of the molecule is Cc1cc(Oc2c(F)cccc2F)ncc1-n1ncc(C(=O)c2cc3cc(F)c(N4C(=O)C#CCC4=O)cc3[nH]2)c1N. The summed E-state index contributed by atoms with van der Waals surface area (Å²) in [7, 11) is 0. The molecule has 0 saturated carbocycles. The number of nitrogen functional groups attached to an aromatic ring is 1. The Hall–Kier alpha value is -5.90. The molecule has 0 bridgehead atoms. The minimum Gasteiger partial charge on any atom is -0.433 e. The highest BCUT2D eigenvalue weighted by Gasteiger charge is 2.28. The number of imide groups is 1. The van der Waals surface area contributed by atoms with Crippen LogP contribution in [0.3, 0.4) is 0 Å². The molecule has 0 atom stereocenters. The number of aromatic amines is 1. The number of fused-ring (bicyclic) bond motifs is 1. The Labute approximate surface area is 234 Å². The Morgan fingerprint density at radius 2 is 1.81 bits per heavy atom. The quantitative estimate of drug-likeness (QED) is 0.176. The van der Waals surface area contributed by atoms with Crippen LogP contribution in [0.15, 0.2) is 54.9 Å². The van der Waals surface area contributed by atoms with Crippen molar-refractivity contribution in [2.45, 2.75) is 13.3 Å². The summed E-state index contributed by atoms with van der Waals surface area (Å²) < 4.78 is 49.4. The van der Waals surface area contributed by atoms with Crippen LogP contribution in [0.25, 0.3) is 16.6 Å². The fourth-order valence-corrected chi connectivity index (χ4v) is 4.48. The van der Waals surface area contributed by atoms with E-state index in [2.05, 4.69) is 26.9 Å². The molecule has 1 aliphatic heterocycles. The number of nitrogens with zero attached hydrogens (tertiary/aromatic N) is 4. The van der Waals surface area contributed by atoms with Crippen LogP contribution < -0.4 is 15.4 Å². The summed E-state index contributed by atoms with van der Waals surface area (Å²) in [6.07, 6.45) is 2.34. The summed E-state index contributed by atoms with van der Waals surface area (Å²) in [4.78, 5) is 45.3. The van der Waals surface area contributed by atoms with Crippen LogP contribution in [0.2, 0.25) is 0 Å². The number of amides is 2. The first kappa shape index (κ1) is 26.3. The number of carbonyl (C=O) groups is 3. The highest BCUT2D eigenvalue weighted by Crippen LogP contribution is 2.31. The van der Waals surface area contributed by atoms with Gasteiger partial charge in [0.1, 0.15) is 11.6 Å². The minimum atomic E-state index is -0.892. The van der Waals surface area contributed by atoms with E-state index in [0.717, 1.165) is 18.2 Å². The summed E-state index contributed by atoms with van der Waals surface area (Å²) in [6.45, 7) is 1.66. The molecule has 13 heteroatoms. The number of rotatable bonds is 6. The number of anilines is 2. The fraction of sp³-hybridized carbons (Fsp3) is 0.0690. The smallest absolute Gasteiger partial charge is 0.309 e. The first-order chi connectivity index (χ1) is 20.1. The number of pyridine rings is 1. The van der Waals surface area contributed by atoms with Gasteiger partial charge in [-0.1, -0.05) is 12.0 Å². The van der Waals surface area contributed by atoms with Crippen molar-refractivity contribution in [1.82, 2.24) is 19.7 Å². The zero-order valence-corrected chi connectivity index (χ0v) is 21.5. The average Bonchev–Trinajstić information content (AvgIpc) is 3.53. The van der Waals surface area contributed by atoms with Gasteiger partial charge in [-0.05, 0) is 48.7 Å². The molecule has 0 fully saturated rings. The normalized spacial score (nSPS) is 12.9. The highest BCUT2D eigenvalue weighted by atomic mass is 19.1. The monoisotopic (exact) mass is 570 g/mol. The number of nitrogens with two attached hydrogens (primary N) is 1. The summed E-state index contributed by atoms with van der Waals surface area (Å²) in [5.74, 6) is -0.773. The number of ether oxygens (including phenoxy) is 1. The number of hydrogen-bond donors (Lipinski definition) is 2. The molecule has 10 nitrogen and oxygen atoms in total. The number of aromatic nitrogens is 4. The number of hydrogen-bond acceptors (Lipinski definition) is 7. The van der Waals surface area contributed by atoms with E-state index in [0.29, 0.717) is 27.1 Å². The van der Waals surface area contributed by atoms with Gasteiger partial charge in [0.2, 0.25) is 23.3 Å². The fourth-order valence-electron chi connectivity index (χ4n) is 4.48. The molecule has 0 radical (unpaired) electrons. The first-order valence-corrected chi connectivity index (χ1v) is 12.3. The number of carbonyl (C=O) groups excluding carboxylic acids is 3. The largest absolute Gasteiger partial charge is 0.433 e. The maximum absolute atomic E-state index is 14.9. The molecule has 2 amide bonds. The van der Waals surface area contributed by atoms with Gasteiger partial charge in [-0.3, -0.25) is 14.4 Å². The van der Waals surface area contributed by atoms with Gasteiger partial charge >= 0.3 is 5.91 Å². The molecule has 3 aromatic heterocycles. The molecule has 0 saturated heterocycles. The number of halogens is 3. The second-order valence-corrected chi connectivity index (χ2v) is 9.23. The lowest BCUT2D eigenvalue weighted by atomic mass is 10.1. The van der Waals surface area contributed by atoms with E-state index in [9.17, 15) is 27.6 Å². The number of benzene rings is 2. The molecule has 0 spiro atoms. The third kappa shape index (κ3) is 4.40. The standard InChI is InChI=1S/C29H17F3N6O4/c1-14-8-24(42-28-17(30)4-2-5-18(28)31)34-13-23(14)38-29(33)16(12-35-38)27(41)21-10-15-9-19(32)22(11-20(15)36-21)37-25(39)6-3-7-26(37)40/h2,4-5,8-13,36H,6,33H2,1H3. The molecule has 4 heterocycles. The van der Waals surface area contributed by atoms with Gasteiger partial charge in [0, 0.05) is 17.0 Å². The van der Waals surface area contributed by atoms with Gasteiger partial charge in [0.25, 0.3) is 0 Å². The lowest BCUT2D eigenvalue weighted by molar-refractivity contribution is -0.123. The predicted octanol–water partition coefficient (Wildman–Crippen LogP) is 4.35. The number of nitrogens with one attached hydrogen (secondary N) is 1. The van der Waals surface area contributed by atoms with Crippen LogP contribution in [-0.2, 0) is 9.59 Å². The number of H-pyrrole nitrogens is 1. The Morgan fingerprint density at radius 3 is 2.52 bits per heavy atom. The van der Waals surface area contributed by atoms with Gasteiger partial charge in [-0.25, -0.2) is 27.7 Å². The first-order valence-electron chi connectivity index (χ1n) is 12.3. The van der Waals surface area contributed by atoms with Crippen LogP contribution in [0.4, 0.5) is 24.7 Å². The van der Waals surface area contributed by atoms with Crippen LogP contribution in [0, 0.1) is 36.2 Å². The van der Waals surface area contributed by atoms with E-state index in [1.165, 1.54) is 41.3 Å². The zero-order chi connectivity index (χ0) is 29.7. The van der Waals surface area contributed by atoms with Crippen molar-refractivity contribution < 1.29 is 32.3 Å². The van der Waals surface area contributed by atoms with Crippen LogP contribution in [0.5, 0.6) is 11.6 Å². The lowest BCUT2D eigenvalue weighted by Gasteiger charge is -2.20. The molecule has 2 aromatic carbocycles. The van der Waals surface area contributed by atoms with E-state index in [1.54, 1.807) is 6.92 Å². The summed E-state index contributed by atoms with van der Waals surface area (Å²) in [5.41, 5.74) is 7.24. The topological polar surface area (TPSA) is 136 Å². The number of ketones is 1. The predicted molar refractivity (Wildman–Crippen MR) is 144 cm³/mol. The van der Waals surface area contributed by atoms with Gasteiger partial charge in [0.05, 0.1) is 41.4 Å². The molecule has 1 aliphatic rings. The molecular weight excluding hydrogens is 553 g/mol. The molecule has 6 rings (SSSR count). The van der Waals surface area contributed by atoms with E-state index < -0.39 is 40.8 Å². The summed E-state index contributed by atoms with van der Waals surface area (Å²) in [6, 6.07) is 8.49. The molecule has 0 unspecified atom stereocenters. The molecule has 3 N–H and O–H groups in total. The van der Waals surface area contributed by atoms with Crippen molar-refractivity contribution >= 4 is 40.0 Å². The van der Waals surface area contributed by atoms with Crippen LogP contribution in [-0.4, -0.2) is 37.3 Å². The van der Waals surface area contributed by atoms with Crippen molar-refractivity contribution in [2.24, 2.45) is 0 Å². The van der Waals surface area contributed by atoms with Crippen molar-refractivity contribution in [3.63, 3.8) is 0 Å². The summed E-state index contributed by atoms with van der Waals surface area (Å²) >= 11 is 0. The van der Waals surface area contributed by atoms with Crippen molar-refractivity contribution in [3.05, 3.63) is 89.1 Å². The van der Waals surface area contributed by atoms with Crippen molar-refractivity contribution in [3.8, 4) is 29.2 Å². The molecule has 0 aliphatic carbocycles. The third-order valence-corrected chi connectivity index (χ3v) is 6.52. The number of para-hydroxylation sites is 1. The maximum atomic E-state index is 14.9. The molecule has 42 heavy (non-hydrogen) atoms. The lowest BCUT2D eigenvalue weighted by Crippen LogP contribution is -2.38. The van der Waals surface area contributed by atoms with Crippen molar-refractivity contribution in [1.29, 1.82) is 0 Å². The number of aryl methyl sites for hydroxylation is 1. The highest BCUT2D eigenvalue weighted by molar-refractivity contribution is 6.24. The zero-order valence-electron chi connectivity index (χ0n) is 21.5. The Kier molecular flexibility index (Phi) is 6.23. The van der Waals surface area contributed by atoms with Gasteiger partial charge in [0.15, 0.2) is 11.6 Å². The van der Waals surface area contributed by atoms with Gasteiger partial charge in [-0.15, -0.1) is 0 Å². The van der Waals surface area contributed by atoms with E-state index in [4.69, 9.17) is 10.5 Å².